The number of nitrogens with one attached hydrogen (secondary N) is 1. The molecule has 19 heavy (non-hydrogen) atoms. The van der Waals surface area contributed by atoms with Crippen LogP contribution in [0.1, 0.15) is 24.2 Å². The number of carboxylic acid groups (broad SMARTS) is 1. The zero-order valence-electron chi connectivity index (χ0n) is 11.8. The monoisotopic (exact) mass is 268 g/mol. The van der Waals surface area contributed by atoms with Gasteiger partial charge < -0.3 is 15.3 Å². The summed E-state index contributed by atoms with van der Waals surface area (Å²) in [5.74, 6) is -1.33. The number of nitrogens with zero attached hydrogens (tertiary/aromatic N) is 1. The predicted octanol–water partition coefficient (Wildman–Crippen LogP) is 2.52. The molecule has 0 saturated carbocycles. The number of benzene rings is 1. The first-order valence-corrected chi connectivity index (χ1v) is 6.25. The minimum atomic E-state index is -1.13. The molecule has 0 aliphatic heterocycles. The van der Waals surface area contributed by atoms with Crippen LogP contribution < -0.4 is 5.32 Å². The zero-order valence-corrected chi connectivity index (χ0v) is 11.8. The molecule has 0 fully saturated rings. The normalized spacial score (nSPS) is 12.8. The molecular weight excluding hydrogens is 247 g/mol. The third-order valence-electron chi connectivity index (χ3n) is 2.92. The summed E-state index contributed by atoms with van der Waals surface area (Å²) in [7, 11) is 3.92. The highest BCUT2D eigenvalue weighted by Crippen LogP contribution is 2.19. The molecule has 1 unspecified atom stereocenters. The molecule has 0 bridgehead atoms. The van der Waals surface area contributed by atoms with E-state index in [1.54, 1.807) is 0 Å². The van der Waals surface area contributed by atoms with Gasteiger partial charge >= 0.3 is 5.97 Å². The molecule has 2 N–H and O–H groups in total. The van der Waals surface area contributed by atoms with Crippen molar-refractivity contribution in [3.63, 3.8) is 0 Å². The molecule has 106 valence electrons. The van der Waals surface area contributed by atoms with Gasteiger partial charge in [-0.05, 0) is 38.2 Å². The van der Waals surface area contributed by atoms with E-state index in [2.05, 4.69) is 19.2 Å². The molecule has 4 nitrogen and oxygen atoms in total. The fourth-order valence-corrected chi connectivity index (χ4v) is 1.78. The lowest BCUT2D eigenvalue weighted by atomic mass is 10.0. The standard InChI is InChI=1S/C14H21FN2O2/c1-9(2)13(8-17(3)4)16-12-6-5-10(14(18)19)7-11(12)15/h5-7,9,13,16H,8H2,1-4H3,(H,18,19). The molecule has 0 aliphatic rings. The van der Waals surface area contributed by atoms with Crippen molar-refractivity contribution < 1.29 is 14.3 Å². The minimum absolute atomic E-state index is 0.0447. The second-order valence-corrected chi connectivity index (χ2v) is 5.26. The van der Waals surface area contributed by atoms with Crippen LogP contribution in [-0.4, -0.2) is 42.7 Å². The maximum Gasteiger partial charge on any atom is 0.335 e. The third-order valence-corrected chi connectivity index (χ3v) is 2.92. The van der Waals surface area contributed by atoms with Gasteiger partial charge in [0.1, 0.15) is 5.82 Å². The fourth-order valence-electron chi connectivity index (χ4n) is 1.78. The van der Waals surface area contributed by atoms with Crippen LogP contribution in [0, 0.1) is 11.7 Å². The van der Waals surface area contributed by atoms with Crippen LogP contribution in [0.15, 0.2) is 18.2 Å². The summed E-state index contributed by atoms with van der Waals surface area (Å²) >= 11 is 0. The van der Waals surface area contributed by atoms with E-state index in [4.69, 9.17) is 5.11 Å². The molecule has 1 aromatic carbocycles. The Labute approximate surface area is 113 Å². The van der Waals surface area contributed by atoms with Crippen molar-refractivity contribution in [3.8, 4) is 0 Å². The lowest BCUT2D eigenvalue weighted by Crippen LogP contribution is -2.36. The van der Waals surface area contributed by atoms with E-state index in [0.29, 0.717) is 11.6 Å². The van der Waals surface area contributed by atoms with Gasteiger partial charge in [0.25, 0.3) is 0 Å². The first-order chi connectivity index (χ1) is 8.81. The van der Waals surface area contributed by atoms with Crippen molar-refractivity contribution in [1.82, 2.24) is 4.90 Å². The van der Waals surface area contributed by atoms with Crippen LogP contribution in [0.3, 0.4) is 0 Å². The van der Waals surface area contributed by atoms with Crippen LogP contribution in [0.25, 0.3) is 0 Å². The van der Waals surface area contributed by atoms with Gasteiger partial charge in [0.2, 0.25) is 0 Å². The van der Waals surface area contributed by atoms with Gasteiger partial charge in [0.15, 0.2) is 0 Å². The molecule has 0 heterocycles. The summed E-state index contributed by atoms with van der Waals surface area (Å²) < 4.78 is 13.8. The highest BCUT2D eigenvalue weighted by atomic mass is 19.1. The Morgan fingerprint density at radius 2 is 2.05 bits per heavy atom. The Bertz CT molecular complexity index is 447. The quantitative estimate of drug-likeness (QED) is 0.832. The summed E-state index contributed by atoms with van der Waals surface area (Å²) in [5, 5.41) is 11.9. The predicted molar refractivity (Wildman–Crippen MR) is 74.2 cm³/mol. The summed E-state index contributed by atoms with van der Waals surface area (Å²) in [5.41, 5.74) is 0.294. The van der Waals surface area contributed by atoms with Crippen LogP contribution in [-0.2, 0) is 0 Å². The van der Waals surface area contributed by atoms with Gasteiger partial charge in [-0.2, -0.15) is 0 Å². The van der Waals surface area contributed by atoms with E-state index >= 15 is 0 Å². The first kappa shape index (κ1) is 15.4. The Morgan fingerprint density at radius 3 is 2.47 bits per heavy atom. The number of carbonyl (C=O) groups is 1. The number of aromatic carboxylic acids is 1. The number of hydrogen-bond donors (Lipinski definition) is 2. The lowest BCUT2D eigenvalue weighted by Gasteiger charge is -2.26. The Kier molecular flexibility index (Phi) is 5.30. The molecule has 1 atom stereocenters. The Hall–Kier alpha value is -1.62. The van der Waals surface area contributed by atoms with Crippen LogP contribution >= 0.6 is 0 Å². The lowest BCUT2D eigenvalue weighted by molar-refractivity contribution is 0.0696. The highest BCUT2D eigenvalue weighted by Gasteiger charge is 2.16. The second-order valence-electron chi connectivity index (χ2n) is 5.26. The highest BCUT2D eigenvalue weighted by molar-refractivity contribution is 5.88. The van der Waals surface area contributed by atoms with E-state index < -0.39 is 11.8 Å². The van der Waals surface area contributed by atoms with Gasteiger partial charge in [-0.3, -0.25) is 0 Å². The number of hydrogen-bond acceptors (Lipinski definition) is 3. The molecule has 0 radical (unpaired) electrons. The van der Waals surface area contributed by atoms with Gasteiger partial charge in [-0.15, -0.1) is 0 Å². The maximum absolute atomic E-state index is 13.8. The van der Waals surface area contributed by atoms with Crippen molar-refractivity contribution in [2.45, 2.75) is 19.9 Å². The van der Waals surface area contributed by atoms with E-state index in [0.717, 1.165) is 12.6 Å². The van der Waals surface area contributed by atoms with Gasteiger partial charge in [0.05, 0.1) is 11.3 Å². The number of carboxylic acids is 1. The molecule has 1 rings (SSSR count). The first-order valence-electron chi connectivity index (χ1n) is 6.25. The third kappa shape index (κ3) is 4.52. The molecule has 0 spiro atoms. The Balaban J connectivity index is 2.88. The SMILES string of the molecule is CC(C)C(CN(C)C)Nc1ccc(C(=O)O)cc1F. The van der Waals surface area contributed by atoms with E-state index in [-0.39, 0.29) is 11.6 Å². The van der Waals surface area contributed by atoms with Crippen molar-refractivity contribution >= 4 is 11.7 Å². The molecule has 0 aromatic heterocycles. The summed E-state index contributed by atoms with van der Waals surface area (Å²) in [6, 6.07) is 4.02. The van der Waals surface area contributed by atoms with Crippen LogP contribution in [0.5, 0.6) is 0 Å². The topological polar surface area (TPSA) is 52.6 Å². The molecular formula is C14H21FN2O2. The second kappa shape index (κ2) is 6.52. The van der Waals surface area contributed by atoms with Gasteiger partial charge in [-0.25, -0.2) is 9.18 Å². The largest absolute Gasteiger partial charge is 0.478 e. The molecule has 5 heteroatoms. The molecule has 1 aromatic rings. The van der Waals surface area contributed by atoms with Gasteiger partial charge in [-0.1, -0.05) is 13.8 Å². The van der Waals surface area contributed by atoms with Crippen molar-refractivity contribution in [3.05, 3.63) is 29.6 Å². The van der Waals surface area contributed by atoms with Crippen molar-refractivity contribution in [2.24, 2.45) is 5.92 Å². The molecule has 0 amide bonds. The van der Waals surface area contributed by atoms with E-state index in [1.165, 1.54) is 12.1 Å². The number of rotatable bonds is 6. The fraction of sp³-hybridized carbons (Fsp3) is 0.500. The van der Waals surface area contributed by atoms with Crippen molar-refractivity contribution in [2.75, 3.05) is 26.0 Å². The van der Waals surface area contributed by atoms with Crippen LogP contribution in [0.2, 0.25) is 0 Å². The Morgan fingerprint density at radius 1 is 1.42 bits per heavy atom. The van der Waals surface area contributed by atoms with E-state index in [9.17, 15) is 9.18 Å². The number of halogens is 1. The minimum Gasteiger partial charge on any atom is -0.478 e. The smallest absolute Gasteiger partial charge is 0.335 e. The summed E-state index contributed by atoms with van der Waals surface area (Å²) in [6.45, 7) is 4.90. The van der Waals surface area contributed by atoms with Crippen LogP contribution in [0.4, 0.5) is 10.1 Å². The van der Waals surface area contributed by atoms with Crippen molar-refractivity contribution in [1.29, 1.82) is 0 Å². The number of likely N-dealkylation sites (N-methyl/N-ethyl adjacent to an activating group) is 1. The average molecular weight is 268 g/mol. The van der Waals surface area contributed by atoms with E-state index in [1.807, 2.05) is 19.0 Å². The number of anilines is 1. The molecule has 0 aliphatic carbocycles. The maximum atomic E-state index is 13.8. The zero-order chi connectivity index (χ0) is 14.6. The molecule has 0 saturated heterocycles. The van der Waals surface area contributed by atoms with Gasteiger partial charge in [0, 0.05) is 12.6 Å². The average Bonchev–Trinajstić information content (AvgIpc) is 2.29. The summed E-state index contributed by atoms with van der Waals surface area (Å²) in [4.78, 5) is 12.8. The summed E-state index contributed by atoms with van der Waals surface area (Å²) in [6.07, 6.45) is 0.